The molecule has 0 unspecified atom stereocenters. The van der Waals surface area contributed by atoms with Crippen molar-refractivity contribution < 1.29 is 13.3 Å². The summed E-state index contributed by atoms with van der Waals surface area (Å²) in [5.41, 5.74) is 1.38. The van der Waals surface area contributed by atoms with E-state index in [1.807, 2.05) is 20.8 Å². The van der Waals surface area contributed by atoms with Crippen LogP contribution in [0.15, 0.2) is 30.3 Å². The second kappa shape index (κ2) is 11.6. The van der Waals surface area contributed by atoms with Gasteiger partial charge in [0.1, 0.15) is 8.24 Å². The molecule has 0 atom stereocenters. The molecule has 0 fully saturated rings. The quantitative estimate of drug-likeness (QED) is 0.366. The molecule has 1 aromatic carbocycles. The van der Waals surface area contributed by atoms with Crippen molar-refractivity contribution in [1.29, 1.82) is 0 Å². The van der Waals surface area contributed by atoms with Crippen LogP contribution in [0.5, 0.6) is 0 Å². The summed E-state index contributed by atoms with van der Waals surface area (Å²) in [6.07, 6.45) is 1.03. The van der Waals surface area contributed by atoms with Crippen molar-refractivity contribution in [3.05, 3.63) is 35.9 Å². The zero-order valence-corrected chi connectivity index (χ0v) is 21.5. The number of rotatable bonds is 13. The van der Waals surface area contributed by atoms with Crippen LogP contribution in [0.2, 0.25) is 24.2 Å². The molecular weight excluding hydrogens is 382 g/mol. The Morgan fingerprint density at radius 1 is 0.857 bits per heavy atom. The lowest BCUT2D eigenvalue weighted by Crippen LogP contribution is -2.55. The van der Waals surface area contributed by atoms with Gasteiger partial charge in [0, 0.05) is 32.4 Å². The van der Waals surface area contributed by atoms with Crippen LogP contribution in [0.4, 0.5) is 0 Å². The zero-order valence-electron chi connectivity index (χ0n) is 19.5. The van der Waals surface area contributed by atoms with Crippen molar-refractivity contribution in [2.45, 2.75) is 78.7 Å². The Morgan fingerprint density at radius 3 is 1.79 bits per heavy atom. The lowest BCUT2D eigenvalue weighted by molar-refractivity contribution is 0.0703. The summed E-state index contributed by atoms with van der Waals surface area (Å²) in [6, 6.07) is 11.7. The van der Waals surface area contributed by atoms with E-state index in [4.69, 9.17) is 13.3 Å². The van der Waals surface area contributed by atoms with Gasteiger partial charge in [0.25, 0.3) is 0 Å². The smallest absolute Gasteiger partial charge is 0.374 e. The Bertz CT molecular complexity index is 529. The molecule has 0 bridgehead atoms. The van der Waals surface area contributed by atoms with Crippen LogP contribution in [0.1, 0.15) is 53.5 Å². The van der Waals surface area contributed by atoms with Crippen molar-refractivity contribution in [3.8, 4) is 0 Å². The fraction of sp³-hybridized carbons (Fsp3) is 0.727. The Kier molecular flexibility index (Phi) is 10.6. The summed E-state index contributed by atoms with van der Waals surface area (Å²) in [5.74, 6) is 0. The van der Waals surface area contributed by atoms with Crippen molar-refractivity contribution >= 4 is 17.0 Å². The highest BCUT2D eigenvalue weighted by molar-refractivity contribution is 6.77. The minimum atomic E-state index is -2.57. The number of benzene rings is 1. The third-order valence-corrected chi connectivity index (χ3v) is 14.6. The lowest BCUT2D eigenvalue weighted by Gasteiger charge is -2.46. The van der Waals surface area contributed by atoms with E-state index in [2.05, 4.69) is 68.8 Å². The van der Waals surface area contributed by atoms with Gasteiger partial charge in [-0.1, -0.05) is 64.2 Å². The van der Waals surface area contributed by atoms with Crippen LogP contribution in [0.3, 0.4) is 0 Å². The van der Waals surface area contributed by atoms with Gasteiger partial charge in [0.15, 0.2) is 0 Å². The molecule has 6 heteroatoms. The normalized spacial score (nSPS) is 13.3. The zero-order chi connectivity index (χ0) is 21.3. The van der Waals surface area contributed by atoms with E-state index in [1.165, 1.54) is 5.56 Å². The Balaban J connectivity index is 2.93. The van der Waals surface area contributed by atoms with Gasteiger partial charge in [-0.3, -0.25) is 0 Å². The van der Waals surface area contributed by atoms with Gasteiger partial charge in [-0.15, -0.1) is 0 Å². The van der Waals surface area contributed by atoms with Gasteiger partial charge in [0.2, 0.25) is 0 Å². The number of hydrogen-bond acceptors (Lipinski definition) is 4. The molecule has 0 aromatic heterocycles. The second-order valence-electron chi connectivity index (χ2n) is 8.80. The average molecular weight is 426 g/mol. The van der Waals surface area contributed by atoms with E-state index in [1.54, 1.807) is 0 Å². The van der Waals surface area contributed by atoms with Gasteiger partial charge in [-0.05, 0) is 44.3 Å². The molecule has 0 aliphatic heterocycles. The second-order valence-corrected chi connectivity index (χ2v) is 16.8. The summed E-state index contributed by atoms with van der Waals surface area (Å²) in [5, 5.41) is 0.302. The molecule has 0 radical (unpaired) electrons. The van der Waals surface area contributed by atoms with Crippen molar-refractivity contribution in [1.82, 2.24) is 4.57 Å². The predicted molar refractivity (Wildman–Crippen MR) is 124 cm³/mol. The molecule has 0 heterocycles. The molecule has 1 rings (SSSR count). The van der Waals surface area contributed by atoms with Crippen molar-refractivity contribution in [2.75, 3.05) is 26.4 Å². The molecule has 4 nitrogen and oxygen atoms in total. The first kappa shape index (κ1) is 25.5. The fourth-order valence-corrected chi connectivity index (χ4v) is 8.16. The maximum absolute atomic E-state index is 6.05. The van der Waals surface area contributed by atoms with Gasteiger partial charge < -0.3 is 17.8 Å². The van der Waals surface area contributed by atoms with E-state index in [0.29, 0.717) is 24.9 Å². The minimum Gasteiger partial charge on any atom is -0.374 e. The molecule has 0 saturated carbocycles. The maximum atomic E-state index is 6.05. The van der Waals surface area contributed by atoms with E-state index in [0.717, 1.165) is 25.6 Å². The van der Waals surface area contributed by atoms with Crippen LogP contribution in [-0.2, 0) is 19.8 Å². The summed E-state index contributed by atoms with van der Waals surface area (Å²) in [4.78, 5) is 0. The first-order chi connectivity index (χ1) is 13.1. The summed E-state index contributed by atoms with van der Waals surface area (Å²) in [6.45, 7) is 22.2. The topological polar surface area (TPSA) is 30.9 Å². The maximum Gasteiger partial charge on any atom is 0.500 e. The predicted octanol–water partition coefficient (Wildman–Crippen LogP) is 5.93. The molecular formula is C22H43NO3Si2. The molecule has 28 heavy (non-hydrogen) atoms. The van der Waals surface area contributed by atoms with Crippen LogP contribution >= 0.6 is 0 Å². The van der Waals surface area contributed by atoms with Gasteiger partial charge in [0.05, 0.1) is 0 Å². The van der Waals surface area contributed by atoms with E-state index < -0.39 is 17.0 Å². The molecule has 0 aliphatic rings. The SMILES string of the molecule is CCO[Si](CCCN(Cc1ccccc1)[Si](C)(C)C(C)(C)C)(OCC)OCC. The van der Waals surface area contributed by atoms with Crippen LogP contribution in [0, 0.1) is 0 Å². The standard InChI is InChI=1S/C22H43NO3Si2/c1-9-24-28(25-10-2,26-11-3)19-15-18-23(27(7,8)22(4,5)6)20-21-16-13-12-14-17-21/h12-14,16-17H,9-11,15,18-20H2,1-8H3. The Labute approximate surface area is 176 Å². The molecule has 1 aromatic rings. The molecule has 162 valence electrons. The van der Waals surface area contributed by atoms with E-state index in [-0.39, 0.29) is 0 Å². The number of hydrogen-bond donors (Lipinski definition) is 0. The molecule has 0 saturated heterocycles. The first-order valence-corrected chi connectivity index (χ1v) is 15.7. The summed E-state index contributed by atoms with van der Waals surface area (Å²) >= 11 is 0. The highest BCUT2D eigenvalue weighted by Gasteiger charge is 2.43. The van der Waals surface area contributed by atoms with Crippen molar-refractivity contribution in [2.24, 2.45) is 0 Å². The van der Waals surface area contributed by atoms with Gasteiger partial charge >= 0.3 is 8.80 Å². The largest absolute Gasteiger partial charge is 0.500 e. The minimum absolute atomic E-state index is 0.302. The van der Waals surface area contributed by atoms with E-state index >= 15 is 0 Å². The van der Waals surface area contributed by atoms with Gasteiger partial charge in [-0.25, -0.2) is 0 Å². The fourth-order valence-electron chi connectivity index (χ4n) is 3.32. The van der Waals surface area contributed by atoms with Crippen LogP contribution < -0.4 is 0 Å². The van der Waals surface area contributed by atoms with E-state index in [9.17, 15) is 0 Å². The average Bonchev–Trinajstić information content (AvgIpc) is 2.61. The lowest BCUT2D eigenvalue weighted by atomic mass is 10.2. The highest BCUT2D eigenvalue weighted by atomic mass is 28.4. The third kappa shape index (κ3) is 7.39. The highest BCUT2D eigenvalue weighted by Crippen LogP contribution is 2.39. The molecule has 0 N–H and O–H groups in total. The summed E-state index contributed by atoms with van der Waals surface area (Å²) in [7, 11) is -4.21. The molecule has 0 spiro atoms. The Morgan fingerprint density at radius 2 is 1.36 bits per heavy atom. The summed E-state index contributed by atoms with van der Waals surface area (Å²) < 4.78 is 20.9. The molecule has 0 aliphatic carbocycles. The van der Waals surface area contributed by atoms with Crippen LogP contribution in [-0.4, -0.2) is 48.0 Å². The van der Waals surface area contributed by atoms with Crippen molar-refractivity contribution in [3.63, 3.8) is 0 Å². The van der Waals surface area contributed by atoms with Gasteiger partial charge in [-0.2, -0.15) is 0 Å². The van der Waals surface area contributed by atoms with Crippen LogP contribution in [0.25, 0.3) is 0 Å². The third-order valence-electron chi connectivity index (χ3n) is 5.85. The molecule has 0 amide bonds. The monoisotopic (exact) mass is 425 g/mol. The first-order valence-electron chi connectivity index (χ1n) is 10.8. The Hall–Kier alpha value is -0.506. The number of nitrogens with zero attached hydrogens (tertiary/aromatic N) is 1.